The molecule has 0 aromatic heterocycles. The molecule has 1 saturated carbocycles. The summed E-state index contributed by atoms with van der Waals surface area (Å²) in [6.45, 7) is 1.42. The van der Waals surface area contributed by atoms with Gasteiger partial charge in [-0.15, -0.1) is 0 Å². The molecule has 1 heterocycles. The third-order valence-electron chi connectivity index (χ3n) is 4.40. The molecule has 3 rings (SSSR count). The molecule has 5 amide bonds. The lowest BCUT2D eigenvalue weighted by Crippen LogP contribution is -2.44. The van der Waals surface area contributed by atoms with Crippen LogP contribution in [0.4, 0.5) is 10.5 Å². The number of imide groups is 2. The van der Waals surface area contributed by atoms with Gasteiger partial charge in [-0.05, 0) is 49.9 Å². The van der Waals surface area contributed by atoms with E-state index in [1.165, 1.54) is 19.2 Å². The third kappa shape index (κ3) is 3.33. The van der Waals surface area contributed by atoms with Crippen molar-refractivity contribution in [2.24, 2.45) is 5.92 Å². The highest BCUT2D eigenvalue weighted by Crippen LogP contribution is 2.32. The number of amides is 5. The fraction of sp³-hybridized carbons (Fsp3) is 0.412. The maximum absolute atomic E-state index is 12.4. The molecule has 2 fully saturated rings. The lowest BCUT2D eigenvalue weighted by molar-refractivity contribution is -0.140. The van der Waals surface area contributed by atoms with Crippen LogP contribution in [0.15, 0.2) is 24.3 Å². The minimum Gasteiger partial charge on any atom is -0.497 e. The van der Waals surface area contributed by atoms with Gasteiger partial charge in [0.2, 0.25) is 5.91 Å². The second-order valence-corrected chi connectivity index (χ2v) is 6.21. The van der Waals surface area contributed by atoms with Crippen LogP contribution in [-0.2, 0) is 14.4 Å². The summed E-state index contributed by atoms with van der Waals surface area (Å²) in [5.74, 6) is -1.43. The molecular weight excluding hydrogens is 326 g/mol. The number of anilines is 1. The van der Waals surface area contributed by atoms with E-state index < -0.39 is 30.3 Å². The number of nitrogens with one attached hydrogen (secondary N) is 1. The monoisotopic (exact) mass is 345 g/mol. The van der Waals surface area contributed by atoms with Gasteiger partial charge in [0.25, 0.3) is 0 Å². The molecule has 132 valence electrons. The predicted octanol–water partition coefficient (Wildman–Crippen LogP) is 0.905. The van der Waals surface area contributed by atoms with E-state index in [9.17, 15) is 19.2 Å². The summed E-state index contributed by atoms with van der Waals surface area (Å²) in [6, 6.07) is 5.32. The first-order chi connectivity index (χ1) is 11.9. The molecule has 25 heavy (non-hydrogen) atoms. The van der Waals surface area contributed by atoms with Crippen LogP contribution in [0, 0.1) is 5.92 Å². The molecule has 1 saturated heterocycles. The van der Waals surface area contributed by atoms with Crippen LogP contribution in [0.25, 0.3) is 0 Å². The summed E-state index contributed by atoms with van der Waals surface area (Å²) >= 11 is 0. The molecule has 2 aliphatic rings. The van der Waals surface area contributed by atoms with Crippen molar-refractivity contribution in [3.05, 3.63) is 24.3 Å². The van der Waals surface area contributed by atoms with Gasteiger partial charge in [-0.1, -0.05) is 0 Å². The number of ether oxygens (including phenoxy) is 1. The van der Waals surface area contributed by atoms with Crippen LogP contribution in [0.1, 0.15) is 19.8 Å². The lowest BCUT2D eigenvalue weighted by atomic mass is 10.2. The summed E-state index contributed by atoms with van der Waals surface area (Å²) in [5.41, 5.74) is 0.249. The molecule has 1 N–H and O–H groups in total. The predicted molar refractivity (Wildman–Crippen MR) is 87.9 cm³/mol. The summed E-state index contributed by atoms with van der Waals surface area (Å²) in [7, 11) is 1.49. The van der Waals surface area contributed by atoms with Gasteiger partial charge in [-0.25, -0.2) is 14.6 Å². The molecule has 1 aliphatic heterocycles. The van der Waals surface area contributed by atoms with E-state index in [2.05, 4.69) is 5.32 Å². The Balaban J connectivity index is 1.71. The molecule has 0 radical (unpaired) electrons. The summed E-state index contributed by atoms with van der Waals surface area (Å²) in [5, 5.41) is 2.76. The van der Waals surface area contributed by atoms with E-state index in [-0.39, 0.29) is 11.7 Å². The zero-order chi connectivity index (χ0) is 18.1. The topological polar surface area (TPSA) is 96.0 Å². The van der Waals surface area contributed by atoms with Crippen molar-refractivity contribution >= 4 is 29.4 Å². The summed E-state index contributed by atoms with van der Waals surface area (Å²) in [4.78, 5) is 50.2. The van der Waals surface area contributed by atoms with E-state index >= 15 is 0 Å². The Labute approximate surface area is 144 Å². The number of carbonyl (C=O) groups is 4. The van der Waals surface area contributed by atoms with Gasteiger partial charge in [0.05, 0.1) is 12.8 Å². The minimum absolute atomic E-state index is 0.00583. The van der Waals surface area contributed by atoms with Gasteiger partial charge in [0.1, 0.15) is 12.3 Å². The van der Waals surface area contributed by atoms with Crippen LogP contribution in [0.5, 0.6) is 5.75 Å². The van der Waals surface area contributed by atoms with Crippen LogP contribution in [-0.4, -0.2) is 48.3 Å². The number of benzene rings is 1. The van der Waals surface area contributed by atoms with E-state index in [0.717, 1.165) is 17.7 Å². The zero-order valence-electron chi connectivity index (χ0n) is 14.0. The van der Waals surface area contributed by atoms with Crippen molar-refractivity contribution in [1.82, 2.24) is 10.2 Å². The average Bonchev–Trinajstić information content (AvgIpc) is 3.42. The number of urea groups is 1. The number of hydrogen-bond donors (Lipinski definition) is 1. The van der Waals surface area contributed by atoms with Gasteiger partial charge in [-0.2, -0.15) is 0 Å². The number of hydrogen-bond acceptors (Lipinski definition) is 5. The molecule has 0 spiro atoms. The Hall–Kier alpha value is -2.90. The first-order valence-corrected chi connectivity index (χ1v) is 8.05. The van der Waals surface area contributed by atoms with Gasteiger partial charge >= 0.3 is 17.8 Å². The van der Waals surface area contributed by atoms with Crippen molar-refractivity contribution in [1.29, 1.82) is 0 Å². The Morgan fingerprint density at radius 1 is 1.20 bits per heavy atom. The molecule has 1 aliphatic carbocycles. The number of nitrogens with zero attached hydrogens (tertiary/aromatic N) is 2. The average molecular weight is 345 g/mol. The van der Waals surface area contributed by atoms with E-state index in [4.69, 9.17) is 4.74 Å². The largest absolute Gasteiger partial charge is 0.497 e. The van der Waals surface area contributed by atoms with Crippen molar-refractivity contribution < 1.29 is 23.9 Å². The van der Waals surface area contributed by atoms with Crippen molar-refractivity contribution in [3.8, 4) is 5.75 Å². The van der Waals surface area contributed by atoms with Gasteiger partial charge in [0.15, 0.2) is 0 Å². The molecule has 0 bridgehead atoms. The van der Waals surface area contributed by atoms with Crippen LogP contribution in [0.2, 0.25) is 0 Å². The quantitative estimate of drug-likeness (QED) is 0.610. The van der Waals surface area contributed by atoms with Gasteiger partial charge in [-0.3, -0.25) is 14.4 Å². The smallest absolute Gasteiger partial charge is 0.339 e. The lowest BCUT2D eigenvalue weighted by Gasteiger charge is -2.17. The second-order valence-electron chi connectivity index (χ2n) is 6.21. The maximum Gasteiger partial charge on any atom is 0.339 e. The van der Waals surface area contributed by atoms with E-state index in [1.807, 2.05) is 6.92 Å². The normalized spacial score (nSPS) is 18.6. The standard InChI is InChI=1S/C17H19N3O5/c1-10(11-3-4-11)18-14(21)9-19-15(22)16(23)20(17(19)24)12-5-7-13(25-2)8-6-12/h5-8,10-11H,3-4,9H2,1-2H3,(H,18,21)/t10-/m1/s1. The van der Waals surface area contributed by atoms with E-state index in [1.54, 1.807) is 12.1 Å². The third-order valence-corrected chi connectivity index (χ3v) is 4.40. The molecule has 8 heteroatoms. The Morgan fingerprint density at radius 2 is 1.84 bits per heavy atom. The van der Waals surface area contributed by atoms with Crippen molar-refractivity contribution in [2.75, 3.05) is 18.6 Å². The highest BCUT2D eigenvalue weighted by atomic mass is 16.5. The zero-order valence-corrected chi connectivity index (χ0v) is 14.0. The van der Waals surface area contributed by atoms with Gasteiger partial charge in [0, 0.05) is 6.04 Å². The Morgan fingerprint density at radius 3 is 2.40 bits per heavy atom. The minimum atomic E-state index is -1.00. The first-order valence-electron chi connectivity index (χ1n) is 8.05. The molecular formula is C17H19N3O5. The highest BCUT2D eigenvalue weighted by molar-refractivity contribution is 6.53. The molecule has 1 aromatic carbocycles. The van der Waals surface area contributed by atoms with Crippen LogP contribution < -0.4 is 15.0 Å². The summed E-state index contributed by atoms with van der Waals surface area (Å²) in [6.07, 6.45) is 2.12. The van der Waals surface area contributed by atoms with Crippen molar-refractivity contribution in [2.45, 2.75) is 25.8 Å². The number of methoxy groups -OCH3 is 1. The SMILES string of the molecule is COc1ccc(N2C(=O)C(=O)N(CC(=O)N[C@H](C)C3CC3)C2=O)cc1. The second kappa shape index (κ2) is 6.54. The summed E-state index contributed by atoms with van der Waals surface area (Å²) < 4.78 is 5.02. The Bertz CT molecular complexity index is 726. The van der Waals surface area contributed by atoms with Gasteiger partial charge < -0.3 is 10.1 Å². The van der Waals surface area contributed by atoms with E-state index in [0.29, 0.717) is 16.6 Å². The van der Waals surface area contributed by atoms with Crippen LogP contribution in [0.3, 0.4) is 0 Å². The van der Waals surface area contributed by atoms with Crippen molar-refractivity contribution in [3.63, 3.8) is 0 Å². The molecule has 1 atom stereocenters. The first kappa shape index (κ1) is 16.9. The number of rotatable bonds is 6. The maximum atomic E-state index is 12.4. The Kier molecular flexibility index (Phi) is 4.43. The van der Waals surface area contributed by atoms with Crippen LogP contribution >= 0.6 is 0 Å². The highest BCUT2D eigenvalue weighted by Gasteiger charge is 2.46. The molecule has 1 aromatic rings. The fourth-order valence-corrected chi connectivity index (χ4v) is 2.76. The molecule has 8 nitrogen and oxygen atoms in total. The molecule has 0 unspecified atom stereocenters. The number of carbonyl (C=O) groups excluding carboxylic acids is 4. The fourth-order valence-electron chi connectivity index (χ4n) is 2.76.